The molecular weight excluding hydrogens is 306 g/mol. The minimum absolute atomic E-state index is 0.271. The number of ether oxygens (including phenoxy) is 2. The van der Waals surface area contributed by atoms with Crippen LogP contribution in [0, 0.1) is 11.3 Å². The number of nitrogens with one attached hydrogen (secondary N) is 1. The highest BCUT2D eigenvalue weighted by atomic mass is 16.5. The van der Waals surface area contributed by atoms with Gasteiger partial charge in [-0.05, 0) is 17.7 Å². The highest BCUT2D eigenvalue weighted by Gasteiger charge is 2.11. The zero-order chi connectivity index (χ0) is 17.5. The van der Waals surface area contributed by atoms with E-state index in [0.29, 0.717) is 29.3 Å². The molecule has 2 rings (SSSR count). The van der Waals surface area contributed by atoms with Gasteiger partial charge >= 0.3 is 6.03 Å². The first-order chi connectivity index (χ1) is 11.5. The van der Waals surface area contributed by atoms with Gasteiger partial charge in [-0.25, -0.2) is 4.79 Å². The molecule has 2 aromatic carbocycles. The van der Waals surface area contributed by atoms with Gasteiger partial charge in [0.05, 0.1) is 25.9 Å². The molecule has 0 saturated carbocycles. The van der Waals surface area contributed by atoms with Crippen molar-refractivity contribution in [2.45, 2.75) is 6.54 Å². The lowest BCUT2D eigenvalue weighted by atomic mass is 10.1. The first kappa shape index (κ1) is 17.2. The molecule has 2 aromatic rings. The molecule has 6 nitrogen and oxygen atoms in total. The summed E-state index contributed by atoms with van der Waals surface area (Å²) >= 11 is 0. The molecule has 124 valence electrons. The average molecular weight is 325 g/mol. The predicted molar refractivity (Wildman–Crippen MR) is 91.2 cm³/mol. The molecule has 0 saturated heterocycles. The van der Waals surface area contributed by atoms with Crippen molar-refractivity contribution in [2.24, 2.45) is 0 Å². The number of hydrogen-bond donors (Lipinski definition) is 1. The normalized spacial score (nSPS) is 9.75. The van der Waals surface area contributed by atoms with Gasteiger partial charge in [0.1, 0.15) is 11.5 Å². The SMILES string of the molecule is COc1cc(NC(=O)N(C)Cc2cccc(C#N)c2)cc(OC)c1. The van der Waals surface area contributed by atoms with Crippen molar-refractivity contribution in [1.82, 2.24) is 4.90 Å². The van der Waals surface area contributed by atoms with E-state index in [9.17, 15) is 4.79 Å². The third-order valence-corrected chi connectivity index (χ3v) is 3.43. The summed E-state index contributed by atoms with van der Waals surface area (Å²) < 4.78 is 10.4. The molecule has 0 fully saturated rings. The number of rotatable bonds is 5. The lowest BCUT2D eigenvalue weighted by Gasteiger charge is -2.19. The van der Waals surface area contributed by atoms with Gasteiger partial charge in [-0.15, -0.1) is 0 Å². The van der Waals surface area contributed by atoms with E-state index in [1.54, 1.807) is 57.7 Å². The van der Waals surface area contributed by atoms with Crippen LogP contribution in [0.1, 0.15) is 11.1 Å². The topological polar surface area (TPSA) is 74.6 Å². The Morgan fingerprint density at radius 2 is 1.83 bits per heavy atom. The van der Waals surface area contributed by atoms with Crippen LogP contribution in [0.3, 0.4) is 0 Å². The molecule has 0 bridgehead atoms. The van der Waals surface area contributed by atoms with Crippen LogP contribution in [-0.2, 0) is 6.54 Å². The number of hydrogen-bond acceptors (Lipinski definition) is 4. The Labute approximate surface area is 141 Å². The fourth-order valence-corrected chi connectivity index (χ4v) is 2.18. The van der Waals surface area contributed by atoms with Crippen molar-refractivity contribution < 1.29 is 14.3 Å². The molecule has 0 aliphatic heterocycles. The maximum Gasteiger partial charge on any atom is 0.321 e. The highest BCUT2D eigenvalue weighted by molar-refractivity contribution is 5.89. The molecule has 1 N–H and O–H groups in total. The first-order valence-electron chi connectivity index (χ1n) is 7.30. The van der Waals surface area contributed by atoms with Crippen LogP contribution in [-0.4, -0.2) is 32.2 Å². The van der Waals surface area contributed by atoms with E-state index in [4.69, 9.17) is 14.7 Å². The van der Waals surface area contributed by atoms with Crippen LogP contribution < -0.4 is 14.8 Å². The summed E-state index contributed by atoms with van der Waals surface area (Å²) in [4.78, 5) is 13.9. The molecule has 0 aliphatic rings. The van der Waals surface area contributed by atoms with Crippen LogP contribution in [0.15, 0.2) is 42.5 Å². The zero-order valence-corrected chi connectivity index (χ0v) is 13.9. The van der Waals surface area contributed by atoms with E-state index >= 15 is 0 Å². The van der Waals surface area contributed by atoms with E-state index in [1.807, 2.05) is 6.07 Å². The fourth-order valence-electron chi connectivity index (χ4n) is 2.18. The van der Waals surface area contributed by atoms with Gasteiger partial charge in [-0.3, -0.25) is 0 Å². The quantitative estimate of drug-likeness (QED) is 0.916. The number of benzene rings is 2. The van der Waals surface area contributed by atoms with Crippen molar-refractivity contribution in [2.75, 3.05) is 26.6 Å². The standard InChI is InChI=1S/C18H19N3O3/c1-21(12-14-6-4-5-13(7-14)11-19)18(22)20-15-8-16(23-2)10-17(9-15)24-3/h4-10H,12H2,1-3H3,(H,20,22). The van der Waals surface area contributed by atoms with Crippen LogP contribution in [0.5, 0.6) is 11.5 Å². The van der Waals surface area contributed by atoms with Crippen LogP contribution in [0.25, 0.3) is 0 Å². The maximum absolute atomic E-state index is 12.3. The Morgan fingerprint density at radius 3 is 2.42 bits per heavy atom. The minimum Gasteiger partial charge on any atom is -0.497 e. The second-order valence-corrected chi connectivity index (χ2v) is 5.20. The van der Waals surface area contributed by atoms with Gasteiger partial charge in [0.25, 0.3) is 0 Å². The van der Waals surface area contributed by atoms with Gasteiger partial charge in [0.2, 0.25) is 0 Å². The Bertz CT molecular complexity index is 746. The molecule has 24 heavy (non-hydrogen) atoms. The largest absolute Gasteiger partial charge is 0.497 e. The number of nitriles is 1. The van der Waals surface area contributed by atoms with E-state index in [-0.39, 0.29) is 6.03 Å². The number of carbonyl (C=O) groups excluding carboxylic acids is 1. The fraction of sp³-hybridized carbons (Fsp3) is 0.222. The van der Waals surface area contributed by atoms with Crippen molar-refractivity contribution in [3.8, 4) is 17.6 Å². The van der Waals surface area contributed by atoms with Gasteiger partial charge < -0.3 is 19.7 Å². The molecule has 0 aromatic heterocycles. The van der Waals surface area contributed by atoms with E-state index < -0.39 is 0 Å². The molecule has 0 unspecified atom stereocenters. The molecule has 2 amide bonds. The number of anilines is 1. The Morgan fingerprint density at radius 1 is 1.17 bits per heavy atom. The Kier molecular flexibility index (Phi) is 5.63. The molecule has 0 radical (unpaired) electrons. The van der Waals surface area contributed by atoms with E-state index in [0.717, 1.165) is 5.56 Å². The number of nitrogens with zero attached hydrogens (tertiary/aromatic N) is 2. The third kappa shape index (κ3) is 4.40. The Hall–Kier alpha value is -3.20. The molecule has 6 heteroatoms. The number of amides is 2. The van der Waals surface area contributed by atoms with Gasteiger partial charge in [0.15, 0.2) is 0 Å². The third-order valence-electron chi connectivity index (χ3n) is 3.43. The summed E-state index contributed by atoms with van der Waals surface area (Å²) in [6, 6.07) is 14.1. The van der Waals surface area contributed by atoms with Crippen molar-refractivity contribution in [3.63, 3.8) is 0 Å². The predicted octanol–water partition coefficient (Wildman–Crippen LogP) is 3.24. The number of urea groups is 1. The summed E-state index contributed by atoms with van der Waals surface area (Å²) in [6.45, 7) is 0.391. The lowest BCUT2D eigenvalue weighted by molar-refractivity contribution is 0.220. The second-order valence-electron chi connectivity index (χ2n) is 5.20. The van der Waals surface area contributed by atoms with Gasteiger partial charge in [-0.1, -0.05) is 12.1 Å². The van der Waals surface area contributed by atoms with E-state index in [2.05, 4.69) is 11.4 Å². The lowest BCUT2D eigenvalue weighted by Crippen LogP contribution is -2.30. The zero-order valence-electron chi connectivity index (χ0n) is 13.9. The number of carbonyl (C=O) groups is 1. The van der Waals surface area contributed by atoms with Crippen LogP contribution >= 0.6 is 0 Å². The summed E-state index contributed by atoms with van der Waals surface area (Å²) in [7, 11) is 4.79. The molecule has 0 heterocycles. The summed E-state index contributed by atoms with van der Waals surface area (Å²) in [5.41, 5.74) is 2.03. The smallest absolute Gasteiger partial charge is 0.321 e. The van der Waals surface area contributed by atoms with E-state index in [1.165, 1.54) is 4.90 Å². The first-order valence-corrected chi connectivity index (χ1v) is 7.30. The minimum atomic E-state index is -0.271. The average Bonchev–Trinajstić information content (AvgIpc) is 2.61. The summed E-state index contributed by atoms with van der Waals surface area (Å²) in [5, 5.41) is 11.7. The van der Waals surface area contributed by atoms with Crippen LogP contribution in [0.4, 0.5) is 10.5 Å². The monoisotopic (exact) mass is 325 g/mol. The molecule has 0 aliphatic carbocycles. The van der Waals surface area contributed by atoms with Gasteiger partial charge in [-0.2, -0.15) is 5.26 Å². The highest BCUT2D eigenvalue weighted by Crippen LogP contribution is 2.26. The molecular formula is C18H19N3O3. The van der Waals surface area contributed by atoms with Crippen molar-refractivity contribution in [1.29, 1.82) is 5.26 Å². The molecule has 0 spiro atoms. The maximum atomic E-state index is 12.3. The van der Waals surface area contributed by atoms with Gasteiger partial charge in [0, 0.05) is 37.5 Å². The number of methoxy groups -OCH3 is 2. The van der Waals surface area contributed by atoms with Crippen LogP contribution in [0.2, 0.25) is 0 Å². The molecule has 0 atom stereocenters. The van der Waals surface area contributed by atoms with Crippen molar-refractivity contribution >= 4 is 11.7 Å². The Balaban J connectivity index is 2.07. The van der Waals surface area contributed by atoms with Crippen molar-refractivity contribution in [3.05, 3.63) is 53.6 Å². The second kappa shape index (κ2) is 7.88. The summed E-state index contributed by atoms with van der Waals surface area (Å²) in [6.07, 6.45) is 0. The summed E-state index contributed by atoms with van der Waals surface area (Å²) in [5.74, 6) is 1.18.